The molecule has 0 bridgehead atoms. The molecule has 0 saturated carbocycles. The summed E-state index contributed by atoms with van der Waals surface area (Å²) >= 11 is 0. The third-order valence-corrected chi connectivity index (χ3v) is 4.12. The van der Waals surface area contributed by atoms with Crippen LogP contribution in [-0.4, -0.2) is 39.3 Å². The largest absolute Gasteiger partial charge is 0.391 e. The highest BCUT2D eigenvalue weighted by Crippen LogP contribution is 2.14. The lowest BCUT2D eigenvalue weighted by molar-refractivity contribution is -0.124. The van der Waals surface area contributed by atoms with Crippen molar-refractivity contribution in [3.8, 4) is 0 Å². The van der Waals surface area contributed by atoms with Gasteiger partial charge in [-0.05, 0) is 44.0 Å². The molecule has 2 rings (SSSR count). The average molecular weight is 344 g/mol. The fourth-order valence-electron chi connectivity index (χ4n) is 2.32. The van der Waals surface area contributed by atoms with Crippen molar-refractivity contribution in [2.24, 2.45) is 5.73 Å². The number of benzene rings is 1. The van der Waals surface area contributed by atoms with E-state index >= 15 is 0 Å². The molecule has 0 aliphatic carbocycles. The Morgan fingerprint density at radius 3 is 2.72 bits per heavy atom. The molecule has 7 heteroatoms. The Labute approximate surface area is 146 Å². The molecule has 0 fully saturated rings. The van der Waals surface area contributed by atoms with Crippen LogP contribution >= 0.6 is 0 Å². The molecule has 0 unspecified atom stereocenters. The van der Waals surface area contributed by atoms with Gasteiger partial charge in [0.1, 0.15) is 6.04 Å². The number of rotatable bonds is 6. The normalized spacial score (nSPS) is 14.0. The average Bonchev–Trinajstić information content (AvgIpc) is 2.57. The summed E-state index contributed by atoms with van der Waals surface area (Å²) < 4.78 is 1.51. The van der Waals surface area contributed by atoms with Crippen molar-refractivity contribution in [2.45, 2.75) is 39.5 Å². The molecule has 0 aliphatic rings. The Balaban J connectivity index is 2.02. The smallest absolute Gasteiger partial charge is 0.261 e. The fraction of sp³-hybridized carbons (Fsp3) is 0.389. The number of fused-ring (bicyclic) bond motifs is 1. The van der Waals surface area contributed by atoms with Gasteiger partial charge in [-0.3, -0.25) is 14.2 Å². The first-order valence-electron chi connectivity index (χ1n) is 8.14. The van der Waals surface area contributed by atoms with E-state index < -0.39 is 18.1 Å². The number of carbonyl (C=O) groups is 1. The number of aliphatic hydroxyl groups is 1. The Hall–Kier alpha value is -2.51. The van der Waals surface area contributed by atoms with E-state index in [1.54, 1.807) is 12.2 Å². The summed E-state index contributed by atoms with van der Waals surface area (Å²) in [5, 5.41) is 12.4. The molecule has 0 saturated heterocycles. The predicted molar refractivity (Wildman–Crippen MR) is 97.3 cm³/mol. The second-order valence-electron chi connectivity index (χ2n) is 6.14. The second kappa shape index (κ2) is 8.04. The number of carbonyl (C=O) groups excluding carboxylic acids is 1. The van der Waals surface area contributed by atoms with Crippen LogP contribution in [0.5, 0.6) is 0 Å². The van der Waals surface area contributed by atoms with Crippen LogP contribution < -0.4 is 16.6 Å². The minimum Gasteiger partial charge on any atom is -0.391 e. The van der Waals surface area contributed by atoms with E-state index in [1.165, 1.54) is 17.8 Å². The van der Waals surface area contributed by atoms with Gasteiger partial charge in [0, 0.05) is 13.1 Å². The van der Waals surface area contributed by atoms with Gasteiger partial charge in [-0.25, -0.2) is 4.98 Å². The third kappa shape index (κ3) is 4.52. The van der Waals surface area contributed by atoms with Crippen molar-refractivity contribution in [3.05, 3.63) is 52.1 Å². The first-order valence-corrected chi connectivity index (χ1v) is 8.14. The van der Waals surface area contributed by atoms with Gasteiger partial charge in [-0.15, -0.1) is 0 Å². The zero-order chi connectivity index (χ0) is 18.6. The van der Waals surface area contributed by atoms with Gasteiger partial charge in [0.15, 0.2) is 0 Å². The Kier molecular flexibility index (Phi) is 6.06. The predicted octanol–water partition coefficient (Wildman–Crippen LogP) is 0.394. The molecule has 25 heavy (non-hydrogen) atoms. The zero-order valence-electron chi connectivity index (χ0n) is 14.7. The number of amides is 1. The zero-order valence-corrected chi connectivity index (χ0v) is 14.7. The molecular formula is C18H24N4O3. The summed E-state index contributed by atoms with van der Waals surface area (Å²) in [6, 6.07) is 2.82. The standard InChI is InChI=1S/C18H24N4O3/c1-11-8-14-15(9-12(11)2)21-10-22(18(14)25)7-5-4-6-20-17(24)16(19)13(3)23/h4-5,8-10,13,16,23H,6-7,19H2,1-3H3,(H,20,24)/b5-4+/t13-,16+/m1/s1. The van der Waals surface area contributed by atoms with Gasteiger partial charge in [0.2, 0.25) is 5.91 Å². The molecular weight excluding hydrogens is 320 g/mol. The van der Waals surface area contributed by atoms with Gasteiger partial charge in [0.05, 0.1) is 23.3 Å². The fourth-order valence-corrected chi connectivity index (χ4v) is 2.32. The summed E-state index contributed by atoms with van der Waals surface area (Å²) in [6.07, 6.45) is 4.11. The van der Waals surface area contributed by atoms with E-state index in [0.29, 0.717) is 17.4 Å². The van der Waals surface area contributed by atoms with Crippen molar-refractivity contribution in [1.29, 1.82) is 0 Å². The maximum Gasteiger partial charge on any atom is 0.261 e. The molecule has 1 aromatic heterocycles. The second-order valence-corrected chi connectivity index (χ2v) is 6.14. The molecule has 1 amide bonds. The van der Waals surface area contributed by atoms with Gasteiger partial charge in [0.25, 0.3) is 5.56 Å². The van der Waals surface area contributed by atoms with Crippen LogP contribution in [0, 0.1) is 13.8 Å². The number of nitrogens with two attached hydrogens (primary N) is 1. The number of aromatic nitrogens is 2. The van der Waals surface area contributed by atoms with Gasteiger partial charge in [-0.1, -0.05) is 12.2 Å². The summed E-state index contributed by atoms with van der Waals surface area (Å²) in [4.78, 5) is 28.4. The van der Waals surface area contributed by atoms with Crippen LogP contribution in [0.1, 0.15) is 18.1 Å². The van der Waals surface area contributed by atoms with Gasteiger partial charge >= 0.3 is 0 Å². The summed E-state index contributed by atoms with van der Waals surface area (Å²) in [7, 11) is 0. The van der Waals surface area contributed by atoms with E-state index in [4.69, 9.17) is 5.73 Å². The summed E-state index contributed by atoms with van der Waals surface area (Å²) in [5.74, 6) is -0.421. The highest BCUT2D eigenvalue weighted by Gasteiger charge is 2.17. The van der Waals surface area contributed by atoms with Crippen molar-refractivity contribution in [1.82, 2.24) is 14.9 Å². The van der Waals surface area contributed by atoms with Crippen molar-refractivity contribution in [3.63, 3.8) is 0 Å². The van der Waals surface area contributed by atoms with E-state index in [0.717, 1.165) is 11.1 Å². The highest BCUT2D eigenvalue weighted by atomic mass is 16.3. The van der Waals surface area contributed by atoms with Gasteiger partial charge in [-0.2, -0.15) is 0 Å². The number of hydrogen-bond acceptors (Lipinski definition) is 5. The Morgan fingerprint density at radius 1 is 1.36 bits per heavy atom. The SMILES string of the molecule is Cc1cc2ncn(C/C=C/CNC(=O)[C@@H](N)[C@@H](C)O)c(=O)c2cc1C. The van der Waals surface area contributed by atoms with Crippen molar-refractivity contribution < 1.29 is 9.90 Å². The van der Waals surface area contributed by atoms with Crippen LogP contribution in [0.25, 0.3) is 10.9 Å². The quantitative estimate of drug-likeness (QED) is 0.657. The van der Waals surface area contributed by atoms with Gasteiger partial charge < -0.3 is 16.2 Å². The van der Waals surface area contributed by atoms with E-state index in [9.17, 15) is 14.7 Å². The van der Waals surface area contributed by atoms with Crippen molar-refractivity contribution >= 4 is 16.8 Å². The Bertz CT molecular complexity index is 855. The van der Waals surface area contributed by atoms with E-state index in [2.05, 4.69) is 10.3 Å². The Morgan fingerprint density at radius 2 is 2.04 bits per heavy atom. The molecule has 0 aliphatic heterocycles. The van der Waals surface area contributed by atoms with Crippen LogP contribution in [0.15, 0.2) is 35.4 Å². The minimum atomic E-state index is -0.951. The molecule has 1 aromatic carbocycles. The number of hydrogen-bond donors (Lipinski definition) is 3. The highest BCUT2D eigenvalue weighted by molar-refractivity contribution is 5.82. The van der Waals surface area contributed by atoms with Crippen LogP contribution in [0.2, 0.25) is 0 Å². The lowest BCUT2D eigenvalue weighted by Gasteiger charge is -2.13. The molecule has 134 valence electrons. The number of allylic oxidation sites excluding steroid dienone is 1. The van der Waals surface area contributed by atoms with Crippen LogP contribution in [0.4, 0.5) is 0 Å². The maximum absolute atomic E-state index is 12.5. The molecule has 1 heterocycles. The van der Waals surface area contributed by atoms with E-state index in [-0.39, 0.29) is 12.1 Å². The molecule has 0 radical (unpaired) electrons. The van der Waals surface area contributed by atoms with Crippen LogP contribution in [-0.2, 0) is 11.3 Å². The topological polar surface area (TPSA) is 110 Å². The maximum atomic E-state index is 12.5. The summed E-state index contributed by atoms with van der Waals surface area (Å²) in [5.41, 5.74) is 8.26. The molecule has 2 atom stereocenters. The number of nitrogens with one attached hydrogen (secondary N) is 1. The van der Waals surface area contributed by atoms with E-state index in [1.807, 2.05) is 26.0 Å². The monoisotopic (exact) mass is 344 g/mol. The van der Waals surface area contributed by atoms with Crippen molar-refractivity contribution in [2.75, 3.05) is 6.54 Å². The third-order valence-electron chi connectivity index (χ3n) is 4.12. The summed E-state index contributed by atoms with van der Waals surface area (Å²) in [6.45, 7) is 6.04. The first-order chi connectivity index (χ1) is 11.8. The minimum absolute atomic E-state index is 0.0992. The number of nitrogens with zero attached hydrogens (tertiary/aromatic N) is 2. The number of aliphatic hydroxyl groups excluding tert-OH is 1. The molecule has 7 nitrogen and oxygen atoms in total. The molecule has 0 spiro atoms. The molecule has 2 aromatic rings. The lowest BCUT2D eigenvalue weighted by atomic mass is 10.1. The lowest BCUT2D eigenvalue weighted by Crippen LogP contribution is -2.47. The first kappa shape index (κ1) is 18.8. The molecule has 4 N–H and O–H groups in total. The van der Waals surface area contributed by atoms with Crippen LogP contribution in [0.3, 0.4) is 0 Å². The number of aryl methyl sites for hydroxylation is 2.